The number of pyridine rings is 1. The van der Waals surface area contributed by atoms with Crippen LogP contribution in [0.1, 0.15) is 62.1 Å². The molecule has 1 atom stereocenters. The lowest BCUT2D eigenvalue weighted by atomic mass is 9.84. The lowest BCUT2D eigenvalue weighted by molar-refractivity contribution is -0.190. The summed E-state index contributed by atoms with van der Waals surface area (Å²) in [6, 6.07) is 3.39. The maximum atomic E-state index is 12.8. The van der Waals surface area contributed by atoms with Gasteiger partial charge in [-0.2, -0.15) is 13.2 Å². The number of allylic oxidation sites excluding steroid dienone is 1. The molecule has 1 aliphatic carbocycles. The number of alkyl halides is 3. The summed E-state index contributed by atoms with van der Waals surface area (Å²) in [5, 5.41) is 10.4. The van der Waals surface area contributed by atoms with Crippen LogP contribution in [0.5, 0.6) is 5.88 Å². The second-order valence-corrected chi connectivity index (χ2v) is 9.89. The zero-order chi connectivity index (χ0) is 26.4. The van der Waals surface area contributed by atoms with Gasteiger partial charge in [0.2, 0.25) is 23.6 Å². The Morgan fingerprint density at radius 3 is 2.68 bits per heavy atom. The number of nitrogens with one attached hydrogen (secondary N) is 1. The summed E-state index contributed by atoms with van der Waals surface area (Å²) in [7, 11) is 0. The molecule has 2 aromatic heterocycles. The summed E-state index contributed by atoms with van der Waals surface area (Å²) < 4.78 is 48.7. The number of hydrogen-bond donors (Lipinski definition) is 1. The number of carbonyl (C=O) groups is 1. The molecule has 0 unspecified atom stereocenters. The average molecular weight is 522 g/mol. The molecule has 11 heteroatoms. The van der Waals surface area contributed by atoms with Crippen molar-refractivity contribution in [1.29, 1.82) is 0 Å². The van der Waals surface area contributed by atoms with Gasteiger partial charge in [0, 0.05) is 44.4 Å². The Hall–Kier alpha value is -2.95. The van der Waals surface area contributed by atoms with Crippen molar-refractivity contribution in [2.75, 3.05) is 19.6 Å². The van der Waals surface area contributed by atoms with Gasteiger partial charge < -0.3 is 19.4 Å². The normalized spacial score (nSPS) is 19.6. The van der Waals surface area contributed by atoms with Crippen LogP contribution in [0, 0.1) is 12.8 Å². The zero-order valence-corrected chi connectivity index (χ0v) is 21.3. The number of hydrogen-bond acceptors (Lipinski definition) is 7. The molecule has 37 heavy (non-hydrogen) atoms. The Kier molecular flexibility index (Phi) is 8.83. The average Bonchev–Trinajstić information content (AvgIpc) is 3.15. The SMILES string of the molecule is Cc1nnc(CC(=O)NC=C2CCC(CCN3CCc4ccc(O[C@H](C)C(F)(F)F)nc4CC3)CC2)o1. The van der Waals surface area contributed by atoms with Gasteiger partial charge in [-0.1, -0.05) is 11.6 Å². The van der Waals surface area contributed by atoms with Crippen molar-refractivity contribution in [2.45, 2.75) is 77.5 Å². The molecule has 0 aromatic carbocycles. The molecule has 0 bridgehead atoms. The van der Waals surface area contributed by atoms with E-state index in [1.807, 2.05) is 12.3 Å². The van der Waals surface area contributed by atoms with Gasteiger partial charge in [0.25, 0.3) is 0 Å². The molecule has 1 N–H and O–H groups in total. The fourth-order valence-corrected chi connectivity index (χ4v) is 4.77. The first-order valence-corrected chi connectivity index (χ1v) is 12.9. The molecule has 1 fully saturated rings. The quantitative estimate of drug-likeness (QED) is 0.553. The predicted octanol–water partition coefficient (Wildman–Crippen LogP) is 4.33. The van der Waals surface area contributed by atoms with Crippen LogP contribution in [-0.4, -0.2) is 57.9 Å². The molecule has 3 heterocycles. The van der Waals surface area contributed by atoms with Gasteiger partial charge in [-0.05, 0) is 63.5 Å². The first kappa shape index (κ1) is 27.1. The summed E-state index contributed by atoms with van der Waals surface area (Å²) in [5.41, 5.74) is 3.16. The molecular formula is C26H34F3N5O3. The van der Waals surface area contributed by atoms with Gasteiger partial charge in [0.05, 0.1) is 0 Å². The van der Waals surface area contributed by atoms with E-state index in [0.29, 0.717) is 24.1 Å². The number of carbonyl (C=O) groups excluding carboxylic acids is 1. The van der Waals surface area contributed by atoms with Gasteiger partial charge in [-0.25, -0.2) is 4.98 Å². The summed E-state index contributed by atoms with van der Waals surface area (Å²) >= 11 is 0. The fraction of sp³-hybridized carbons (Fsp3) is 0.615. The van der Waals surface area contributed by atoms with Gasteiger partial charge in [-0.15, -0.1) is 10.2 Å². The monoisotopic (exact) mass is 521 g/mol. The number of halogens is 3. The molecular weight excluding hydrogens is 487 g/mol. The van der Waals surface area contributed by atoms with Crippen molar-refractivity contribution in [3.8, 4) is 5.88 Å². The topological polar surface area (TPSA) is 93.4 Å². The molecule has 202 valence electrons. The minimum Gasteiger partial charge on any atom is -0.465 e. The molecule has 4 rings (SSSR count). The Morgan fingerprint density at radius 2 is 1.97 bits per heavy atom. The number of ether oxygens (including phenoxy) is 1. The predicted molar refractivity (Wildman–Crippen MR) is 130 cm³/mol. The van der Waals surface area contributed by atoms with Crippen molar-refractivity contribution in [3.63, 3.8) is 0 Å². The second kappa shape index (κ2) is 12.1. The smallest absolute Gasteiger partial charge is 0.425 e. The van der Waals surface area contributed by atoms with Crippen LogP contribution in [0.25, 0.3) is 0 Å². The van der Waals surface area contributed by atoms with E-state index >= 15 is 0 Å². The number of aromatic nitrogens is 3. The van der Waals surface area contributed by atoms with E-state index in [0.717, 1.165) is 76.3 Å². The van der Waals surface area contributed by atoms with Crippen molar-refractivity contribution in [2.24, 2.45) is 5.92 Å². The highest BCUT2D eigenvalue weighted by Crippen LogP contribution is 2.30. The standard InChI is InChI=1S/C26H34F3N5O3/c1-17(26(27,28)29)36-24-8-7-21-10-13-34(14-11-22(21)31-24)12-9-19-3-5-20(6-4-19)16-30-23(35)15-25-33-32-18(2)37-25/h7-8,16-17,19H,3-6,9-15H2,1-2H3,(H,30,35)/t17-,19?/m1/s1. The number of fused-ring (bicyclic) bond motifs is 1. The first-order chi connectivity index (χ1) is 17.7. The number of amides is 1. The molecule has 1 saturated carbocycles. The highest BCUT2D eigenvalue weighted by atomic mass is 19.4. The number of rotatable bonds is 8. The molecule has 1 aliphatic heterocycles. The van der Waals surface area contributed by atoms with E-state index in [1.54, 1.807) is 13.0 Å². The van der Waals surface area contributed by atoms with Gasteiger partial charge in [-0.3, -0.25) is 4.79 Å². The maximum absolute atomic E-state index is 12.8. The lowest BCUT2D eigenvalue weighted by Crippen LogP contribution is -2.31. The minimum absolute atomic E-state index is 0.0315. The van der Waals surface area contributed by atoms with E-state index in [9.17, 15) is 18.0 Å². The van der Waals surface area contributed by atoms with Crippen molar-refractivity contribution < 1.29 is 27.1 Å². The Morgan fingerprint density at radius 1 is 1.22 bits per heavy atom. The van der Waals surface area contributed by atoms with Crippen molar-refractivity contribution in [1.82, 2.24) is 25.4 Å². The van der Waals surface area contributed by atoms with Crippen LogP contribution in [0.4, 0.5) is 13.2 Å². The summed E-state index contributed by atoms with van der Waals surface area (Å²) in [6.07, 6.45) is 2.38. The van der Waals surface area contributed by atoms with Gasteiger partial charge in [0.1, 0.15) is 6.42 Å². The third kappa shape index (κ3) is 8.02. The van der Waals surface area contributed by atoms with Crippen molar-refractivity contribution in [3.05, 3.63) is 46.9 Å². The summed E-state index contributed by atoms with van der Waals surface area (Å²) in [6.45, 7) is 5.42. The highest BCUT2D eigenvalue weighted by molar-refractivity contribution is 5.78. The first-order valence-electron chi connectivity index (χ1n) is 12.9. The molecule has 0 saturated heterocycles. The minimum atomic E-state index is -4.41. The molecule has 8 nitrogen and oxygen atoms in total. The molecule has 2 aromatic rings. The van der Waals surface area contributed by atoms with Crippen LogP contribution in [0.15, 0.2) is 28.3 Å². The number of aryl methyl sites for hydroxylation is 1. The molecule has 1 amide bonds. The number of nitrogens with zero attached hydrogens (tertiary/aromatic N) is 4. The maximum Gasteiger partial charge on any atom is 0.425 e. The Labute approximate surface area is 214 Å². The van der Waals surface area contributed by atoms with E-state index in [1.165, 1.54) is 5.57 Å². The summed E-state index contributed by atoms with van der Waals surface area (Å²) in [5.74, 6) is 1.27. The second-order valence-electron chi connectivity index (χ2n) is 9.89. The fourth-order valence-electron chi connectivity index (χ4n) is 4.77. The molecule has 2 aliphatic rings. The Bertz CT molecular complexity index is 1090. The summed E-state index contributed by atoms with van der Waals surface area (Å²) in [4.78, 5) is 18.9. The van der Waals surface area contributed by atoms with Crippen LogP contribution >= 0.6 is 0 Å². The van der Waals surface area contributed by atoms with Gasteiger partial charge >= 0.3 is 6.18 Å². The lowest BCUT2D eigenvalue weighted by Gasteiger charge is -2.27. The molecule has 0 radical (unpaired) electrons. The van der Waals surface area contributed by atoms with E-state index < -0.39 is 12.3 Å². The third-order valence-corrected chi connectivity index (χ3v) is 7.08. The molecule has 0 spiro atoms. The zero-order valence-electron chi connectivity index (χ0n) is 21.3. The van der Waals surface area contributed by atoms with Crippen LogP contribution in [0.2, 0.25) is 0 Å². The van der Waals surface area contributed by atoms with Crippen LogP contribution in [-0.2, 0) is 24.1 Å². The van der Waals surface area contributed by atoms with E-state index in [4.69, 9.17) is 9.15 Å². The van der Waals surface area contributed by atoms with Crippen LogP contribution < -0.4 is 10.1 Å². The van der Waals surface area contributed by atoms with Crippen LogP contribution in [0.3, 0.4) is 0 Å². The van der Waals surface area contributed by atoms with E-state index in [-0.39, 0.29) is 18.2 Å². The Balaban J connectivity index is 1.17. The van der Waals surface area contributed by atoms with Gasteiger partial charge in [0.15, 0.2) is 6.10 Å². The highest BCUT2D eigenvalue weighted by Gasteiger charge is 2.38. The largest absolute Gasteiger partial charge is 0.465 e. The van der Waals surface area contributed by atoms with E-state index in [2.05, 4.69) is 25.4 Å². The third-order valence-electron chi connectivity index (χ3n) is 7.08. The van der Waals surface area contributed by atoms with Crippen molar-refractivity contribution >= 4 is 5.91 Å².